The van der Waals surface area contributed by atoms with E-state index in [2.05, 4.69) is 5.32 Å². The van der Waals surface area contributed by atoms with E-state index in [0.717, 1.165) is 10.5 Å². The van der Waals surface area contributed by atoms with Crippen LogP contribution in [0.2, 0.25) is 0 Å². The van der Waals surface area contributed by atoms with Gasteiger partial charge in [-0.3, -0.25) is 4.79 Å². The van der Waals surface area contributed by atoms with Crippen molar-refractivity contribution in [2.45, 2.75) is 6.54 Å². The van der Waals surface area contributed by atoms with Crippen molar-refractivity contribution in [1.82, 2.24) is 0 Å². The molecule has 0 radical (unpaired) electrons. The number of hydrogen-bond donors (Lipinski definition) is 2. The van der Waals surface area contributed by atoms with E-state index in [-0.39, 0.29) is 12.5 Å². The van der Waals surface area contributed by atoms with Crippen molar-refractivity contribution in [3.63, 3.8) is 0 Å². The maximum Gasteiger partial charge on any atom is 0.279 e. The number of carbonyl (C=O) groups excluding carboxylic acids is 1. The van der Waals surface area contributed by atoms with Crippen molar-refractivity contribution in [3.8, 4) is 23.0 Å². The Labute approximate surface area is 159 Å². The summed E-state index contributed by atoms with van der Waals surface area (Å²) in [5, 5.41) is 2.88. The van der Waals surface area contributed by atoms with Crippen molar-refractivity contribution in [2.24, 2.45) is 0 Å². The van der Waals surface area contributed by atoms with Crippen molar-refractivity contribution in [3.05, 3.63) is 42.0 Å². The van der Waals surface area contributed by atoms with Crippen LogP contribution in [0, 0.1) is 0 Å². The van der Waals surface area contributed by atoms with Gasteiger partial charge in [0.15, 0.2) is 18.0 Å². The lowest BCUT2D eigenvalue weighted by Gasteiger charge is -2.18. The minimum Gasteiger partial charge on any atom is -0.497 e. The van der Waals surface area contributed by atoms with Crippen molar-refractivity contribution >= 4 is 11.6 Å². The molecule has 1 amide bonds. The van der Waals surface area contributed by atoms with E-state index in [9.17, 15) is 4.79 Å². The van der Waals surface area contributed by atoms with Crippen LogP contribution in [0.4, 0.5) is 5.69 Å². The number of methoxy groups -OCH3 is 4. The first-order valence-electron chi connectivity index (χ1n) is 8.55. The zero-order chi connectivity index (χ0) is 19.8. The maximum atomic E-state index is 12.5. The zero-order valence-electron chi connectivity index (χ0n) is 16.4. The summed E-state index contributed by atoms with van der Waals surface area (Å²) in [7, 11) is 8.30. The number of carbonyl (C=O) groups is 1. The molecule has 2 aromatic carbocycles. The fourth-order valence-electron chi connectivity index (χ4n) is 2.86. The van der Waals surface area contributed by atoms with Crippen LogP contribution in [-0.2, 0) is 11.3 Å². The Hall–Kier alpha value is -2.93. The Balaban J connectivity index is 2.04. The quantitative estimate of drug-likeness (QED) is 0.693. The lowest BCUT2D eigenvalue weighted by molar-refractivity contribution is -0.885. The van der Waals surface area contributed by atoms with Gasteiger partial charge in [-0.25, -0.2) is 0 Å². The summed E-state index contributed by atoms with van der Waals surface area (Å²) in [6, 6.07) is 11.0. The van der Waals surface area contributed by atoms with E-state index in [1.165, 1.54) is 0 Å². The molecule has 0 fully saturated rings. The van der Waals surface area contributed by atoms with E-state index >= 15 is 0 Å². The molecule has 146 valence electrons. The highest BCUT2D eigenvalue weighted by molar-refractivity contribution is 5.93. The van der Waals surface area contributed by atoms with Gasteiger partial charge in [0, 0.05) is 6.07 Å². The Bertz CT molecular complexity index is 779. The number of quaternary nitrogens is 1. The van der Waals surface area contributed by atoms with Gasteiger partial charge in [-0.2, -0.15) is 0 Å². The van der Waals surface area contributed by atoms with Gasteiger partial charge in [-0.1, -0.05) is 6.07 Å². The van der Waals surface area contributed by atoms with Gasteiger partial charge < -0.3 is 29.2 Å². The first kappa shape index (κ1) is 20.4. The second-order valence-corrected chi connectivity index (χ2v) is 6.08. The maximum absolute atomic E-state index is 12.5. The third-order valence-corrected chi connectivity index (χ3v) is 4.12. The Kier molecular flexibility index (Phi) is 7.31. The highest BCUT2D eigenvalue weighted by Crippen LogP contribution is 2.30. The molecule has 0 aliphatic heterocycles. The number of likely N-dealkylation sites (N-methyl/N-ethyl adjacent to an activating group) is 1. The molecule has 1 atom stereocenters. The third kappa shape index (κ3) is 5.27. The highest BCUT2D eigenvalue weighted by Gasteiger charge is 2.17. The summed E-state index contributed by atoms with van der Waals surface area (Å²) in [5.41, 5.74) is 1.55. The summed E-state index contributed by atoms with van der Waals surface area (Å²) in [6.07, 6.45) is 0. The van der Waals surface area contributed by atoms with E-state index in [0.29, 0.717) is 35.2 Å². The van der Waals surface area contributed by atoms with Gasteiger partial charge in [-0.15, -0.1) is 0 Å². The second-order valence-electron chi connectivity index (χ2n) is 6.08. The topological polar surface area (TPSA) is 70.5 Å². The van der Waals surface area contributed by atoms with Gasteiger partial charge in [0.1, 0.15) is 18.0 Å². The van der Waals surface area contributed by atoms with Crippen LogP contribution in [0.25, 0.3) is 0 Å². The SMILES string of the molecule is COc1ccc(OC)c(NC(=O)C[NH+](C)Cc2cccc(OC)c2OC)c1. The summed E-state index contributed by atoms with van der Waals surface area (Å²) in [4.78, 5) is 13.5. The lowest BCUT2D eigenvalue weighted by atomic mass is 10.1. The van der Waals surface area contributed by atoms with E-state index < -0.39 is 0 Å². The van der Waals surface area contributed by atoms with Crippen LogP contribution in [-0.4, -0.2) is 47.9 Å². The molecule has 0 aromatic heterocycles. The molecule has 2 aromatic rings. The lowest BCUT2D eigenvalue weighted by Crippen LogP contribution is -3.08. The fourth-order valence-corrected chi connectivity index (χ4v) is 2.86. The van der Waals surface area contributed by atoms with Crippen LogP contribution in [0.15, 0.2) is 36.4 Å². The summed E-state index contributed by atoms with van der Waals surface area (Å²) < 4.78 is 21.3. The minimum atomic E-state index is -0.124. The summed E-state index contributed by atoms with van der Waals surface area (Å²) in [6.45, 7) is 0.893. The average molecular weight is 375 g/mol. The number of nitrogens with one attached hydrogen (secondary N) is 2. The predicted molar refractivity (Wildman–Crippen MR) is 103 cm³/mol. The average Bonchev–Trinajstić information content (AvgIpc) is 2.67. The van der Waals surface area contributed by atoms with Crippen molar-refractivity contribution in [2.75, 3.05) is 47.3 Å². The molecule has 0 heterocycles. The Morgan fingerprint density at radius 3 is 2.33 bits per heavy atom. The minimum absolute atomic E-state index is 0.124. The molecule has 2 N–H and O–H groups in total. The van der Waals surface area contributed by atoms with E-state index in [1.54, 1.807) is 46.6 Å². The monoisotopic (exact) mass is 375 g/mol. The largest absolute Gasteiger partial charge is 0.497 e. The standard InChI is InChI=1S/C20H26N2O5/c1-22(12-14-7-6-8-18(26-4)20(14)27-5)13-19(23)21-16-11-15(24-2)9-10-17(16)25-3/h6-11H,12-13H2,1-5H3,(H,21,23)/p+1. The molecule has 7 heteroatoms. The number of para-hydroxylation sites is 1. The molecule has 0 bridgehead atoms. The van der Waals surface area contributed by atoms with Crippen molar-refractivity contribution < 1.29 is 28.6 Å². The number of rotatable bonds is 9. The van der Waals surface area contributed by atoms with Gasteiger partial charge in [0.25, 0.3) is 5.91 Å². The molecular formula is C20H27N2O5+. The molecule has 0 aliphatic carbocycles. The smallest absolute Gasteiger partial charge is 0.279 e. The number of hydrogen-bond acceptors (Lipinski definition) is 5. The molecule has 2 rings (SSSR count). The van der Waals surface area contributed by atoms with Gasteiger partial charge in [0.05, 0.1) is 46.7 Å². The zero-order valence-corrected chi connectivity index (χ0v) is 16.4. The van der Waals surface area contributed by atoms with Gasteiger partial charge in [-0.05, 0) is 24.3 Å². The van der Waals surface area contributed by atoms with Crippen LogP contribution in [0.3, 0.4) is 0 Å². The number of ether oxygens (including phenoxy) is 4. The van der Waals surface area contributed by atoms with Crippen LogP contribution in [0.1, 0.15) is 5.56 Å². The molecule has 0 saturated heterocycles. The predicted octanol–water partition coefficient (Wildman–Crippen LogP) is 1.37. The van der Waals surface area contributed by atoms with Gasteiger partial charge >= 0.3 is 0 Å². The fraction of sp³-hybridized carbons (Fsp3) is 0.350. The first-order valence-corrected chi connectivity index (χ1v) is 8.55. The third-order valence-electron chi connectivity index (χ3n) is 4.12. The number of benzene rings is 2. The van der Waals surface area contributed by atoms with Crippen LogP contribution < -0.4 is 29.2 Å². The second kappa shape index (κ2) is 9.68. The number of anilines is 1. The van der Waals surface area contributed by atoms with Gasteiger partial charge in [0.2, 0.25) is 0 Å². The molecule has 0 saturated carbocycles. The molecule has 0 aliphatic rings. The Morgan fingerprint density at radius 2 is 1.70 bits per heavy atom. The highest BCUT2D eigenvalue weighted by atomic mass is 16.5. The molecular weight excluding hydrogens is 348 g/mol. The molecule has 7 nitrogen and oxygen atoms in total. The van der Waals surface area contributed by atoms with Crippen molar-refractivity contribution in [1.29, 1.82) is 0 Å². The molecule has 1 unspecified atom stereocenters. The van der Waals surface area contributed by atoms with Crippen LogP contribution >= 0.6 is 0 Å². The first-order chi connectivity index (χ1) is 13.0. The Morgan fingerprint density at radius 1 is 0.963 bits per heavy atom. The van der Waals surface area contributed by atoms with E-state index in [1.807, 2.05) is 25.2 Å². The summed E-state index contributed by atoms with van der Waals surface area (Å²) >= 11 is 0. The van der Waals surface area contributed by atoms with Crippen LogP contribution in [0.5, 0.6) is 23.0 Å². The van der Waals surface area contributed by atoms with E-state index in [4.69, 9.17) is 18.9 Å². The number of amides is 1. The summed E-state index contributed by atoms with van der Waals surface area (Å²) in [5.74, 6) is 2.47. The normalized spacial score (nSPS) is 11.4. The molecule has 0 spiro atoms. The molecule has 27 heavy (non-hydrogen) atoms.